The van der Waals surface area contributed by atoms with Crippen molar-refractivity contribution in [2.75, 3.05) is 0 Å². The van der Waals surface area contributed by atoms with Gasteiger partial charge in [0.25, 0.3) is 0 Å². The fraction of sp³-hybridized carbons (Fsp3) is 0. The van der Waals surface area contributed by atoms with Gasteiger partial charge in [-0.2, -0.15) is 0 Å². The number of aromatic nitrogens is 1. The minimum atomic E-state index is 1.12. The molecule has 0 aliphatic carbocycles. The average molecular weight is 1110 g/mol. The summed E-state index contributed by atoms with van der Waals surface area (Å²) in [5.74, 6) is 0. The lowest BCUT2D eigenvalue weighted by Crippen LogP contribution is -1.96. The fourth-order valence-electron chi connectivity index (χ4n) is 14.1. The van der Waals surface area contributed by atoms with Crippen LogP contribution in [0.5, 0.6) is 0 Å². The van der Waals surface area contributed by atoms with Crippen molar-refractivity contribution >= 4 is 128 Å². The Morgan fingerprint density at radius 1 is 0.212 bits per heavy atom. The van der Waals surface area contributed by atoms with E-state index in [0.717, 1.165) is 5.69 Å². The Bertz CT molecular complexity index is 5590. The summed E-state index contributed by atoms with van der Waals surface area (Å²) in [7, 11) is 0. The molecule has 3 heterocycles. The van der Waals surface area contributed by atoms with Crippen LogP contribution in [-0.4, -0.2) is 4.57 Å². The van der Waals surface area contributed by atoms with E-state index in [1.165, 1.54) is 172 Å². The van der Waals surface area contributed by atoms with Crippen molar-refractivity contribution in [2.24, 2.45) is 0 Å². The molecule has 15 aromatic carbocycles. The molecule has 0 atom stereocenters. The van der Waals surface area contributed by atoms with Gasteiger partial charge in [0.05, 0.1) is 11.0 Å². The van der Waals surface area contributed by atoms with Gasteiger partial charge in [-0.1, -0.05) is 249 Å². The van der Waals surface area contributed by atoms with E-state index in [9.17, 15) is 0 Å². The molecule has 3 aromatic heterocycles. The summed E-state index contributed by atoms with van der Waals surface area (Å²) >= 11 is 3.79. The molecule has 0 fully saturated rings. The normalized spacial score (nSPS) is 12.0. The molecule has 0 N–H and O–H groups in total. The molecule has 85 heavy (non-hydrogen) atoms. The average Bonchev–Trinajstić information content (AvgIpc) is 2.83. The highest BCUT2D eigenvalue weighted by Gasteiger charge is 2.22. The summed E-state index contributed by atoms with van der Waals surface area (Å²) in [4.78, 5) is 0. The molecule has 0 unspecified atom stereocenters. The van der Waals surface area contributed by atoms with E-state index in [1.807, 2.05) is 22.7 Å². The summed E-state index contributed by atoms with van der Waals surface area (Å²) in [6.45, 7) is 0. The molecule has 0 aliphatic rings. The van der Waals surface area contributed by atoms with Crippen LogP contribution >= 0.6 is 22.7 Å². The Labute approximate surface area is 498 Å². The van der Waals surface area contributed by atoms with Crippen molar-refractivity contribution in [3.63, 3.8) is 0 Å². The number of benzene rings is 15. The topological polar surface area (TPSA) is 4.93 Å². The Hall–Kier alpha value is -10.4. The van der Waals surface area contributed by atoms with Crippen molar-refractivity contribution < 1.29 is 0 Å². The van der Waals surface area contributed by atoms with Crippen LogP contribution in [0.2, 0.25) is 0 Å². The van der Waals surface area contributed by atoms with E-state index in [1.54, 1.807) is 0 Å². The van der Waals surface area contributed by atoms with Crippen molar-refractivity contribution in [1.29, 1.82) is 0 Å². The van der Waals surface area contributed by atoms with Gasteiger partial charge in [-0.05, 0) is 158 Å². The second-order valence-corrected chi connectivity index (χ2v) is 24.7. The summed E-state index contributed by atoms with van der Waals surface area (Å²) in [5.41, 5.74) is 18.1. The zero-order valence-corrected chi connectivity index (χ0v) is 47.7. The van der Waals surface area contributed by atoms with E-state index >= 15 is 0 Å². The predicted molar refractivity (Wildman–Crippen MR) is 369 cm³/mol. The third kappa shape index (κ3) is 7.54. The number of hydrogen-bond acceptors (Lipinski definition) is 2. The quantitative estimate of drug-likeness (QED) is 0.140. The summed E-state index contributed by atoms with van der Waals surface area (Å²) in [6, 6.07) is 111. The van der Waals surface area contributed by atoms with E-state index in [2.05, 4.69) is 302 Å². The van der Waals surface area contributed by atoms with Crippen molar-refractivity contribution in [2.45, 2.75) is 0 Å². The van der Waals surface area contributed by atoms with Gasteiger partial charge in [0, 0.05) is 56.8 Å². The van der Waals surface area contributed by atoms with Crippen LogP contribution in [-0.2, 0) is 0 Å². The van der Waals surface area contributed by atoms with Crippen molar-refractivity contribution in [3.05, 3.63) is 297 Å². The first-order valence-electron chi connectivity index (χ1n) is 29.2. The maximum Gasteiger partial charge on any atom is 0.0541 e. The lowest BCUT2D eigenvalue weighted by Gasteiger charge is -2.20. The molecule has 0 aliphatic heterocycles. The van der Waals surface area contributed by atoms with Gasteiger partial charge < -0.3 is 4.57 Å². The molecule has 0 spiro atoms. The van der Waals surface area contributed by atoms with E-state index in [0.29, 0.717) is 0 Å². The van der Waals surface area contributed by atoms with Crippen molar-refractivity contribution in [1.82, 2.24) is 4.57 Å². The fourth-order valence-corrected chi connectivity index (χ4v) is 16.6. The first-order valence-corrected chi connectivity index (χ1v) is 30.8. The third-order valence-corrected chi connectivity index (χ3v) is 20.4. The van der Waals surface area contributed by atoms with Crippen LogP contribution in [0, 0.1) is 0 Å². The molecule has 0 amide bonds. The van der Waals surface area contributed by atoms with Gasteiger partial charge in [0.2, 0.25) is 0 Å². The highest BCUT2D eigenvalue weighted by Crippen LogP contribution is 2.49. The SMILES string of the molecule is c1ccc2c(-c3ccc(-c4c5ccccc5c(-c5ccc(-c6cccc7ccccc67)cc5)c5cc(-n6c7ccc(-c8cccc9c8sc8ccccc89)cc7c7cc(-c8cccc9c8sc8ccccc89)ccc76)ccc45)cc3)cccc2c1. The van der Waals surface area contributed by atoms with E-state index in [4.69, 9.17) is 0 Å². The lowest BCUT2D eigenvalue weighted by atomic mass is 9.85. The largest absolute Gasteiger partial charge is 0.309 e. The van der Waals surface area contributed by atoms with E-state index < -0.39 is 0 Å². The van der Waals surface area contributed by atoms with Crippen LogP contribution in [0.15, 0.2) is 297 Å². The smallest absolute Gasteiger partial charge is 0.0541 e. The number of rotatable bonds is 7. The van der Waals surface area contributed by atoms with Gasteiger partial charge >= 0.3 is 0 Å². The van der Waals surface area contributed by atoms with E-state index in [-0.39, 0.29) is 0 Å². The highest BCUT2D eigenvalue weighted by molar-refractivity contribution is 7.26. The number of thiophene rings is 2. The Kier molecular flexibility index (Phi) is 10.8. The van der Waals surface area contributed by atoms with Gasteiger partial charge in [-0.15, -0.1) is 22.7 Å². The monoisotopic (exact) mass is 1110 g/mol. The van der Waals surface area contributed by atoms with Crippen LogP contribution in [0.4, 0.5) is 0 Å². The molecule has 18 aromatic rings. The molecule has 0 saturated carbocycles. The predicted octanol–water partition coefficient (Wildman–Crippen LogP) is 24.1. The maximum absolute atomic E-state index is 2.53. The Morgan fingerprint density at radius 3 is 1.08 bits per heavy atom. The number of hydrogen-bond donors (Lipinski definition) is 0. The number of nitrogens with zero attached hydrogens (tertiary/aromatic N) is 1. The minimum Gasteiger partial charge on any atom is -0.309 e. The second kappa shape index (κ2) is 19.1. The van der Waals surface area contributed by atoms with Gasteiger partial charge in [0.1, 0.15) is 0 Å². The standard InChI is InChI=1S/C82H49NS2/c1-3-19-59-50(15-1)17-11-25-61(59)52-33-37-54(38-34-52)79-67-23-5-6-24-68(67)80(55-39-35-53(36-40-55)62-26-12-18-51-16-2-4-20-60(51)62)74-49-58(43-44-69(74)79)83-75-45-41-56(63-27-13-29-70-65-21-7-9-31-77(65)84-81(63)70)47-72(75)73-48-57(42-46-76(73)83)64-28-14-30-71-66-22-8-10-32-78(66)85-82(64)71/h1-49H. The highest BCUT2D eigenvalue weighted by atomic mass is 32.1. The molecule has 0 radical (unpaired) electrons. The molecular weight excluding hydrogens is 1060 g/mol. The summed E-state index contributed by atoms with van der Waals surface area (Å²) < 4.78 is 7.80. The molecular formula is C82H49NS2. The second-order valence-electron chi connectivity index (χ2n) is 22.6. The minimum absolute atomic E-state index is 1.12. The third-order valence-electron chi connectivity index (χ3n) is 18.0. The lowest BCUT2D eigenvalue weighted by molar-refractivity contribution is 1.19. The maximum atomic E-state index is 2.53. The molecule has 3 heteroatoms. The van der Waals surface area contributed by atoms with Gasteiger partial charge in [-0.25, -0.2) is 0 Å². The zero-order chi connectivity index (χ0) is 55.7. The van der Waals surface area contributed by atoms with Crippen LogP contribution < -0.4 is 0 Å². The van der Waals surface area contributed by atoms with Crippen LogP contribution in [0.3, 0.4) is 0 Å². The zero-order valence-electron chi connectivity index (χ0n) is 46.1. The summed E-state index contributed by atoms with van der Waals surface area (Å²) in [5, 5.41) is 17.6. The Morgan fingerprint density at radius 2 is 0.576 bits per heavy atom. The van der Waals surface area contributed by atoms with Crippen LogP contribution in [0.1, 0.15) is 0 Å². The number of fused-ring (bicyclic) bond motifs is 13. The van der Waals surface area contributed by atoms with Gasteiger partial charge in [-0.3, -0.25) is 0 Å². The molecule has 394 valence electrons. The summed E-state index contributed by atoms with van der Waals surface area (Å²) in [6.07, 6.45) is 0. The van der Waals surface area contributed by atoms with Gasteiger partial charge in [0.15, 0.2) is 0 Å². The molecule has 18 rings (SSSR count). The first-order chi connectivity index (χ1) is 42.1. The molecule has 1 nitrogen and oxygen atoms in total. The Balaban J connectivity index is 0.880. The van der Waals surface area contributed by atoms with Crippen molar-refractivity contribution in [3.8, 4) is 72.4 Å². The molecule has 0 saturated heterocycles. The van der Waals surface area contributed by atoms with Crippen LogP contribution in [0.25, 0.3) is 178 Å². The molecule has 0 bridgehead atoms. The first kappa shape index (κ1) is 48.1.